The van der Waals surface area contributed by atoms with Crippen LogP contribution in [0.25, 0.3) is 0 Å². The molecule has 0 aromatic heterocycles. The second kappa shape index (κ2) is 5.05. The van der Waals surface area contributed by atoms with Crippen molar-refractivity contribution in [3.05, 3.63) is 23.8 Å². The molecule has 1 aliphatic rings. The summed E-state index contributed by atoms with van der Waals surface area (Å²) in [7, 11) is 0. The maximum Gasteiger partial charge on any atom is 0.240 e. The van der Waals surface area contributed by atoms with E-state index in [0.29, 0.717) is 11.3 Å². The van der Waals surface area contributed by atoms with Gasteiger partial charge in [0.15, 0.2) is 5.78 Å². The smallest absolute Gasteiger partial charge is 0.240 e. The predicted molar refractivity (Wildman–Crippen MR) is 73.3 cm³/mol. The van der Waals surface area contributed by atoms with Crippen molar-refractivity contribution in [1.82, 2.24) is 0 Å². The molecule has 0 fully saturated rings. The van der Waals surface area contributed by atoms with Gasteiger partial charge in [-0.2, -0.15) is 0 Å². The summed E-state index contributed by atoms with van der Waals surface area (Å²) < 4.78 is 0. The first-order valence-electron chi connectivity index (χ1n) is 5.81. The standard InChI is InChI=1S/C13H14N2O3S/c1-7(13(14)18)15-10-4-3-9(8(2)16)5-11(10)19-6-12(15)17/h3-5,7H,6H2,1-2H3,(H2,14,18). The van der Waals surface area contributed by atoms with Crippen molar-refractivity contribution < 1.29 is 14.4 Å². The zero-order valence-corrected chi connectivity index (χ0v) is 11.5. The van der Waals surface area contributed by atoms with Gasteiger partial charge < -0.3 is 5.73 Å². The molecule has 0 saturated carbocycles. The van der Waals surface area contributed by atoms with Crippen LogP contribution in [-0.4, -0.2) is 29.4 Å². The van der Waals surface area contributed by atoms with Gasteiger partial charge in [-0.3, -0.25) is 19.3 Å². The number of amides is 2. The Morgan fingerprint density at radius 2 is 2.11 bits per heavy atom. The Kier molecular flexibility index (Phi) is 3.61. The van der Waals surface area contributed by atoms with E-state index in [1.54, 1.807) is 25.1 Å². The molecule has 0 saturated heterocycles. The highest BCUT2D eigenvalue weighted by Gasteiger charge is 2.31. The number of rotatable bonds is 3. The fraction of sp³-hybridized carbons (Fsp3) is 0.308. The normalized spacial score (nSPS) is 15.9. The van der Waals surface area contributed by atoms with Gasteiger partial charge in [0.2, 0.25) is 11.8 Å². The van der Waals surface area contributed by atoms with Gasteiger partial charge in [0.1, 0.15) is 6.04 Å². The lowest BCUT2D eigenvalue weighted by atomic mass is 10.1. The second-order valence-electron chi connectivity index (χ2n) is 4.37. The van der Waals surface area contributed by atoms with E-state index in [4.69, 9.17) is 5.73 Å². The average Bonchev–Trinajstić information content (AvgIpc) is 2.37. The van der Waals surface area contributed by atoms with E-state index in [1.807, 2.05) is 0 Å². The topological polar surface area (TPSA) is 80.5 Å². The van der Waals surface area contributed by atoms with Crippen molar-refractivity contribution in [2.45, 2.75) is 24.8 Å². The molecule has 0 spiro atoms. The first-order chi connectivity index (χ1) is 8.91. The molecule has 2 N–H and O–H groups in total. The van der Waals surface area contributed by atoms with Gasteiger partial charge in [-0.15, -0.1) is 11.8 Å². The molecule has 0 aliphatic carbocycles. The van der Waals surface area contributed by atoms with Crippen LogP contribution in [0.2, 0.25) is 0 Å². The molecule has 1 aromatic carbocycles. The van der Waals surface area contributed by atoms with Crippen molar-refractivity contribution in [2.24, 2.45) is 5.73 Å². The van der Waals surface area contributed by atoms with Crippen LogP contribution in [0, 0.1) is 0 Å². The van der Waals surface area contributed by atoms with E-state index in [9.17, 15) is 14.4 Å². The minimum Gasteiger partial charge on any atom is -0.368 e. The zero-order chi connectivity index (χ0) is 14.2. The van der Waals surface area contributed by atoms with Gasteiger partial charge in [-0.05, 0) is 32.0 Å². The summed E-state index contributed by atoms with van der Waals surface area (Å²) in [5.41, 5.74) is 6.50. The summed E-state index contributed by atoms with van der Waals surface area (Å²) in [5.74, 6) is -0.498. The lowest BCUT2D eigenvalue weighted by Crippen LogP contribution is -2.48. The number of nitrogens with two attached hydrogens (primary N) is 1. The molecule has 2 rings (SSSR count). The lowest BCUT2D eigenvalue weighted by Gasteiger charge is -2.32. The Morgan fingerprint density at radius 1 is 1.42 bits per heavy atom. The fourth-order valence-electron chi connectivity index (χ4n) is 1.94. The minimum absolute atomic E-state index is 0.0326. The SMILES string of the molecule is CC(=O)c1ccc2c(c1)SCC(=O)N2C(C)C(N)=O. The number of fused-ring (bicyclic) bond motifs is 1. The first kappa shape index (κ1) is 13.6. The second-order valence-corrected chi connectivity index (χ2v) is 5.39. The van der Waals surface area contributed by atoms with Crippen molar-refractivity contribution in [3.8, 4) is 0 Å². The molecule has 1 atom stereocenters. The molecule has 100 valence electrons. The summed E-state index contributed by atoms with van der Waals surface area (Å²) in [6, 6.07) is 4.39. The Bertz CT molecular complexity index is 571. The van der Waals surface area contributed by atoms with Crippen molar-refractivity contribution in [1.29, 1.82) is 0 Å². The largest absolute Gasteiger partial charge is 0.368 e. The molecule has 19 heavy (non-hydrogen) atoms. The summed E-state index contributed by atoms with van der Waals surface area (Å²) in [4.78, 5) is 36.8. The molecule has 6 heteroatoms. The molecule has 0 radical (unpaired) electrons. The number of hydrogen-bond acceptors (Lipinski definition) is 4. The number of ketones is 1. The molecule has 1 aliphatic heterocycles. The molecule has 1 aromatic rings. The molecule has 0 bridgehead atoms. The van der Waals surface area contributed by atoms with Gasteiger partial charge in [-0.1, -0.05) is 0 Å². The summed E-state index contributed by atoms with van der Waals surface area (Å²) in [5, 5.41) is 0. The Hall–Kier alpha value is -1.82. The van der Waals surface area contributed by atoms with E-state index >= 15 is 0 Å². The van der Waals surface area contributed by atoms with Gasteiger partial charge in [0.25, 0.3) is 0 Å². The number of benzene rings is 1. The minimum atomic E-state index is -0.699. The van der Waals surface area contributed by atoms with Gasteiger partial charge >= 0.3 is 0 Å². The van der Waals surface area contributed by atoms with Crippen LogP contribution in [0.15, 0.2) is 23.1 Å². The molecule has 1 unspecified atom stereocenters. The van der Waals surface area contributed by atoms with Gasteiger partial charge in [0.05, 0.1) is 11.4 Å². The number of thioether (sulfide) groups is 1. The van der Waals surface area contributed by atoms with E-state index < -0.39 is 11.9 Å². The number of carbonyl (C=O) groups excluding carboxylic acids is 3. The molecule has 5 nitrogen and oxygen atoms in total. The van der Waals surface area contributed by atoms with E-state index in [1.165, 1.54) is 23.6 Å². The number of hydrogen-bond donors (Lipinski definition) is 1. The lowest BCUT2D eigenvalue weighted by molar-refractivity contribution is -0.123. The average molecular weight is 278 g/mol. The predicted octanol–water partition coefficient (Wildman–Crippen LogP) is 1.20. The highest BCUT2D eigenvalue weighted by Crippen LogP contribution is 2.37. The van der Waals surface area contributed by atoms with Crippen molar-refractivity contribution in [3.63, 3.8) is 0 Å². The molecule has 2 amide bonds. The monoisotopic (exact) mass is 278 g/mol. The Labute approximate surface area is 115 Å². The van der Waals surface area contributed by atoms with Crippen LogP contribution in [0.1, 0.15) is 24.2 Å². The van der Waals surface area contributed by atoms with Crippen molar-refractivity contribution >= 4 is 35.0 Å². The van der Waals surface area contributed by atoms with E-state index in [2.05, 4.69) is 0 Å². The summed E-state index contributed by atoms with van der Waals surface area (Å²) >= 11 is 1.37. The molecular weight excluding hydrogens is 264 g/mol. The highest BCUT2D eigenvalue weighted by molar-refractivity contribution is 8.00. The Morgan fingerprint density at radius 3 is 2.68 bits per heavy atom. The van der Waals surface area contributed by atoms with Crippen LogP contribution < -0.4 is 10.6 Å². The van der Waals surface area contributed by atoms with Crippen LogP contribution in [-0.2, 0) is 9.59 Å². The Balaban J connectivity index is 2.48. The van der Waals surface area contributed by atoms with Crippen LogP contribution >= 0.6 is 11.8 Å². The zero-order valence-electron chi connectivity index (χ0n) is 10.7. The third kappa shape index (κ3) is 2.49. The highest BCUT2D eigenvalue weighted by atomic mass is 32.2. The third-order valence-electron chi connectivity index (χ3n) is 3.04. The van der Waals surface area contributed by atoms with Crippen LogP contribution in [0.5, 0.6) is 0 Å². The van der Waals surface area contributed by atoms with Crippen molar-refractivity contribution in [2.75, 3.05) is 10.7 Å². The number of primary amides is 1. The van der Waals surface area contributed by atoms with Crippen LogP contribution in [0.3, 0.4) is 0 Å². The first-order valence-corrected chi connectivity index (χ1v) is 6.79. The maximum absolute atomic E-state index is 12.0. The van der Waals surface area contributed by atoms with Crippen LogP contribution in [0.4, 0.5) is 5.69 Å². The number of anilines is 1. The molecule has 1 heterocycles. The fourth-order valence-corrected chi connectivity index (χ4v) is 2.89. The number of nitrogens with zero attached hydrogens (tertiary/aromatic N) is 1. The number of Topliss-reactive ketones (excluding diaryl/α,β-unsaturated/α-hetero) is 1. The molecular formula is C13H14N2O3S. The number of carbonyl (C=O) groups is 3. The van der Waals surface area contributed by atoms with Gasteiger partial charge in [-0.25, -0.2) is 0 Å². The maximum atomic E-state index is 12.0. The quantitative estimate of drug-likeness (QED) is 0.842. The van der Waals surface area contributed by atoms with Gasteiger partial charge in [0, 0.05) is 10.5 Å². The van der Waals surface area contributed by atoms with E-state index in [0.717, 1.165) is 4.90 Å². The third-order valence-corrected chi connectivity index (χ3v) is 4.07. The van der Waals surface area contributed by atoms with E-state index in [-0.39, 0.29) is 17.4 Å². The summed E-state index contributed by atoms with van der Waals surface area (Å²) in [6.45, 7) is 3.09. The summed E-state index contributed by atoms with van der Waals surface area (Å²) in [6.07, 6.45) is 0.